The molecule has 2 aliphatic rings. The Hall–Kier alpha value is -3.45. The van der Waals surface area contributed by atoms with Gasteiger partial charge in [0, 0.05) is 29.6 Å². The molecule has 7 heteroatoms. The molecule has 3 unspecified atom stereocenters. The quantitative estimate of drug-likeness (QED) is 0.215. The first-order valence-corrected chi connectivity index (χ1v) is 15.5. The average molecular weight is 557 g/mol. The average Bonchev–Trinajstić information content (AvgIpc) is 3.59. The van der Waals surface area contributed by atoms with Crippen molar-refractivity contribution in [2.75, 3.05) is 13.1 Å². The van der Waals surface area contributed by atoms with Crippen molar-refractivity contribution in [1.29, 1.82) is 0 Å². The molecule has 5 rings (SSSR count). The number of unbranched alkanes of at least 4 members (excludes halogenated alkanes) is 2. The van der Waals surface area contributed by atoms with Crippen LogP contribution in [0.5, 0.6) is 0 Å². The number of Topliss-reactive ketones (excluding diaryl/α,β-unsaturated/α-hetero) is 1. The van der Waals surface area contributed by atoms with Crippen molar-refractivity contribution in [1.82, 2.24) is 20.9 Å². The third-order valence-electron chi connectivity index (χ3n) is 8.98. The van der Waals surface area contributed by atoms with Gasteiger partial charge in [0.1, 0.15) is 11.8 Å². The van der Waals surface area contributed by atoms with Crippen molar-refractivity contribution >= 4 is 28.5 Å². The summed E-state index contributed by atoms with van der Waals surface area (Å²) in [6, 6.07) is 17.7. The molecule has 0 bridgehead atoms. The Morgan fingerprint density at radius 2 is 1.73 bits per heavy atom. The summed E-state index contributed by atoms with van der Waals surface area (Å²) in [7, 11) is 0. The van der Waals surface area contributed by atoms with Crippen molar-refractivity contribution in [3.63, 3.8) is 0 Å². The molecule has 4 N–H and O–H groups in total. The van der Waals surface area contributed by atoms with E-state index in [-0.39, 0.29) is 23.6 Å². The van der Waals surface area contributed by atoms with E-state index in [0.29, 0.717) is 37.6 Å². The third-order valence-corrected chi connectivity index (χ3v) is 8.98. The molecule has 4 atom stereocenters. The second kappa shape index (κ2) is 13.9. The van der Waals surface area contributed by atoms with Crippen LogP contribution < -0.4 is 16.0 Å². The fourth-order valence-electron chi connectivity index (χ4n) is 6.82. The lowest BCUT2D eigenvalue weighted by Gasteiger charge is -2.28. The number of rotatable bonds is 13. The first-order valence-electron chi connectivity index (χ1n) is 15.5. The molecule has 0 spiro atoms. The number of hydrogen-bond acceptors (Lipinski definition) is 4. The predicted molar refractivity (Wildman–Crippen MR) is 163 cm³/mol. The fourth-order valence-corrected chi connectivity index (χ4v) is 6.82. The van der Waals surface area contributed by atoms with Crippen LogP contribution >= 0.6 is 0 Å². The van der Waals surface area contributed by atoms with Crippen LogP contribution in [0.2, 0.25) is 0 Å². The number of aromatic amines is 1. The number of nitrogens with one attached hydrogen (secondary N) is 4. The summed E-state index contributed by atoms with van der Waals surface area (Å²) >= 11 is 0. The molecule has 2 fully saturated rings. The third kappa shape index (κ3) is 7.25. The van der Waals surface area contributed by atoms with Gasteiger partial charge in [-0.1, -0.05) is 74.2 Å². The van der Waals surface area contributed by atoms with Crippen molar-refractivity contribution in [2.24, 2.45) is 11.8 Å². The number of amides is 2. The standard InChI is InChI=1S/C34H44N4O3/c1-23(39)12-4-2-7-19-30(38-34(41)32-26-16-9-8-15-25(26)22-36-32)33(40)35-21-20-28-27-17-10-11-18-29(27)37-31(28)24-13-5-3-6-14-24/h3,5-6,10-11,13-14,17-18,25-26,30,32,36-37H,2,4,7-9,12,15-16,19-22H2,1H3,(H,35,40)(H,38,41)/t25?,26?,30-,32?/m0/s1. The number of aromatic nitrogens is 1. The first-order chi connectivity index (χ1) is 20.0. The number of fused-ring (bicyclic) bond motifs is 2. The molecular formula is C34H44N4O3. The second-order valence-corrected chi connectivity index (χ2v) is 11.9. The number of hydrogen-bond donors (Lipinski definition) is 4. The Labute approximate surface area is 243 Å². The fraction of sp³-hybridized carbons (Fsp3) is 0.500. The van der Waals surface area contributed by atoms with E-state index < -0.39 is 6.04 Å². The lowest BCUT2D eigenvalue weighted by Crippen LogP contribution is -2.53. The van der Waals surface area contributed by atoms with Gasteiger partial charge in [-0.05, 0) is 74.6 Å². The zero-order chi connectivity index (χ0) is 28.6. The molecule has 1 aromatic heterocycles. The maximum Gasteiger partial charge on any atom is 0.242 e. The minimum absolute atomic E-state index is 0.0497. The summed E-state index contributed by atoms with van der Waals surface area (Å²) in [6.45, 7) is 2.98. The van der Waals surface area contributed by atoms with Gasteiger partial charge in [-0.2, -0.15) is 0 Å². The Balaban J connectivity index is 1.24. The minimum atomic E-state index is -0.583. The van der Waals surface area contributed by atoms with Crippen LogP contribution in [0.4, 0.5) is 0 Å². The maximum atomic E-state index is 13.5. The van der Waals surface area contributed by atoms with Crippen molar-refractivity contribution in [3.8, 4) is 11.3 Å². The zero-order valence-electron chi connectivity index (χ0n) is 24.2. The highest BCUT2D eigenvalue weighted by atomic mass is 16.2. The highest BCUT2D eigenvalue weighted by Gasteiger charge is 2.41. The largest absolute Gasteiger partial charge is 0.354 e. The molecule has 1 aliphatic carbocycles. The van der Waals surface area contributed by atoms with Gasteiger partial charge in [-0.15, -0.1) is 0 Å². The van der Waals surface area contributed by atoms with Crippen LogP contribution in [-0.2, 0) is 20.8 Å². The number of carbonyl (C=O) groups excluding carboxylic acids is 3. The van der Waals surface area contributed by atoms with Gasteiger partial charge >= 0.3 is 0 Å². The van der Waals surface area contributed by atoms with Gasteiger partial charge in [-0.25, -0.2) is 0 Å². The molecule has 1 aliphatic heterocycles. The molecule has 7 nitrogen and oxygen atoms in total. The highest BCUT2D eigenvalue weighted by molar-refractivity contribution is 5.92. The first kappa shape index (κ1) is 29.1. The van der Waals surface area contributed by atoms with Crippen LogP contribution in [0.25, 0.3) is 22.2 Å². The Bertz CT molecular complexity index is 1330. The molecule has 1 saturated heterocycles. The van der Waals surface area contributed by atoms with Gasteiger partial charge in [0.15, 0.2) is 0 Å². The minimum Gasteiger partial charge on any atom is -0.354 e. The van der Waals surface area contributed by atoms with E-state index in [9.17, 15) is 14.4 Å². The van der Waals surface area contributed by atoms with Gasteiger partial charge in [0.25, 0.3) is 0 Å². The number of para-hydroxylation sites is 1. The van der Waals surface area contributed by atoms with Crippen molar-refractivity contribution < 1.29 is 14.4 Å². The van der Waals surface area contributed by atoms with Crippen molar-refractivity contribution in [2.45, 2.75) is 83.2 Å². The highest BCUT2D eigenvalue weighted by Crippen LogP contribution is 2.36. The smallest absolute Gasteiger partial charge is 0.242 e. The van der Waals surface area contributed by atoms with E-state index in [1.807, 2.05) is 30.3 Å². The zero-order valence-corrected chi connectivity index (χ0v) is 24.2. The van der Waals surface area contributed by atoms with E-state index in [2.05, 4.69) is 45.2 Å². The number of carbonyl (C=O) groups is 3. The van der Waals surface area contributed by atoms with Gasteiger partial charge in [0.05, 0.1) is 6.04 Å². The summed E-state index contributed by atoms with van der Waals surface area (Å²) in [5.74, 6) is 0.930. The summed E-state index contributed by atoms with van der Waals surface area (Å²) in [5, 5.41) is 10.9. The van der Waals surface area contributed by atoms with E-state index in [1.165, 1.54) is 24.8 Å². The normalized spacial score (nSPS) is 20.9. The Morgan fingerprint density at radius 3 is 2.56 bits per heavy atom. The Kier molecular flexibility index (Phi) is 9.88. The van der Waals surface area contributed by atoms with Crippen LogP contribution in [0.15, 0.2) is 54.6 Å². The maximum absolute atomic E-state index is 13.5. The van der Waals surface area contributed by atoms with E-state index in [0.717, 1.165) is 54.4 Å². The van der Waals surface area contributed by atoms with Gasteiger partial charge in [-0.3, -0.25) is 9.59 Å². The van der Waals surface area contributed by atoms with Crippen LogP contribution in [-0.4, -0.2) is 47.8 Å². The van der Waals surface area contributed by atoms with Gasteiger partial charge < -0.3 is 25.7 Å². The summed E-state index contributed by atoms with van der Waals surface area (Å²) < 4.78 is 0. The molecule has 3 aromatic rings. The molecule has 0 radical (unpaired) electrons. The SMILES string of the molecule is CC(=O)CCCCC[C@H](NC(=O)C1NCC2CCCCC21)C(=O)NCCc1c(-c2ccccc2)[nH]c2ccccc12. The molecule has 41 heavy (non-hydrogen) atoms. The molecule has 2 amide bonds. The number of ketones is 1. The van der Waals surface area contributed by atoms with Crippen LogP contribution in [0, 0.1) is 11.8 Å². The lowest BCUT2D eigenvalue weighted by molar-refractivity contribution is -0.130. The van der Waals surface area contributed by atoms with Crippen LogP contribution in [0.3, 0.4) is 0 Å². The van der Waals surface area contributed by atoms with E-state index >= 15 is 0 Å². The molecule has 2 heterocycles. The van der Waals surface area contributed by atoms with Crippen LogP contribution in [0.1, 0.15) is 70.3 Å². The number of benzene rings is 2. The predicted octanol–water partition coefficient (Wildman–Crippen LogP) is 5.30. The molecule has 2 aromatic carbocycles. The molecule has 1 saturated carbocycles. The second-order valence-electron chi connectivity index (χ2n) is 11.9. The monoisotopic (exact) mass is 556 g/mol. The number of H-pyrrole nitrogens is 1. The molecular weight excluding hydrogens is 512 g/mol. The lowest BCUT2D eigenvalue weighted by atomic mass is 9.78. The topological polar surface area (TPSA) is 103 Å². The Morgan fingerprint density at radius 1 is 0.951 bits per heavy atom. The summed E-state index contributed by atoms with van der Waals surface area (Å²) in [4.78, 5) is 41.8. The van der Waals surface area contributed by atoms with E-state index in [1.54, 1.807) is 6.92 Å². The summed E-state index contributed by atoms with van der Waals surface area (Å²) in [5.41, 5.74) is 4.44. The van der Waals surface area contributed by atoms with E-state index in [4.69, 9.17) is 0 Å². The van der Waals surface area contributed by atoms with Gasteiger partial charge in [0.2, 0.25) is 11.8 Å². The van der Waals surface area contributed by atoms with Crippen molar-refractivity contribution in [3.05, 3.63) is 60.2 Å². The summed E-state index contributed by atoms with van der Waals surface area (Å²) in [6.07, 6.45) is 8.94. The molecule has 218 valence electrons.